The van der Waals surface area contributed by atoms with Crippen molar-refractivity contribution in [3.8, 4) is 5.75 Å². The van der Waals surface area contributed by atoms with Crippen LogP contribution in [0.5, 0.6) is 5.75 Å². The molecule has 2 aliphatic rings. The average Bonchev–Trinajstić information content (AvgIpc) is 2.90. The topological polar surface area (TPSA) is 78.4 Å². The van der Waals surface area contributed by atoms with Gasteiger partial charge in [-0.3, -0.25) is 0 Å². The van der Waals surface area contributed by atoms with E-state index in [1.807, 2.05) is 0 Å². The molecule has 0 bridgehead atoms. The van der Waals surface area contributed by atoms with E-state index in [0.717, 1.165) is 47.5 Å². The van der Waals surface area contributed by atoms with Crippen molar-refractivity contribution in [1.82, 2.24) is 5.32 Å². The molecular weight excluding hydrogens is 482 g/mol. The summed E-state index contributed by atoms with van der Waals surface area (Å²) in [6.45, 7) is 8.30. The number of aliphatic hydroxyl groups is 1. The molecule has 7 heteroatoms. The predicted molar refractivity (Wildman–Crippen MR) is 148 cm³/mol. The van der Waals surface area contributed by atoms with Crippen LogP contribution in [0.2, 0.25) is 0 Å². The number of rotatable bonds is 13. The SMILES string of the molecule is COCCCC1=CC(C)(C)Oc2ccc(CO[C@H]3CNC[C@@H](O)[C@@H]3c3ccc(COCCOC)cc3)cc21. The van der Waals surface area contributed by atoms with Crippen molar-refractivity contribution in [3.63, 3.8) is 0 Å². The summed E-state index contributed by atoms with van der Waals surface area (Å²) in [5.74, 6) is 0.804. The van der Waals surface area contributed by atoms with Crippen LogP contribution in [0.15, 0.2) is 48.5 Å². The van der Waals surface area contributed by atoms with Gasteiger partial charge in [-0.05, 0) is 67.2 Å². The van der Waals surface area contributed by atoms with E-state index in [0.29, 0.717) is 39.5 Å². The molecule has 1 fully saturated rings. The summed E-state index contributed by atoms with van der Waals surface area (Å²) in [4.78, 5) is 0. The fourth-order valence-corrected chi connectivity index (χ4v) is 5.28. The van der Waals surface area contributed by atoms with E-state index in [4.69, 9.17) is 23.7 Å². The molecule has 7 nitrogen and oxygen atoms in total. The van der Waals surface area contributed by atoms with E-state index in [9.17, 15) is 5.11 Å². The Labute approximate surface area is 227 Å². The van der Waals surface area contributed by atoms with Gasteiger partial charge in [0, 0.05) is 45.4 Å². The maximum Gasteiger partial charge on any atom is 0.128 e. The van der Waals surface area contributed by atoms with E-state index >= 15 is 0 Å². The fourth-order valence-electron chi connectivity index (χ4n) is 5.28. The molecule has 0 radical (unpaired) electrons. The molecule has 4 rings (SSSR count). The number of hydrogen-bond donors (Lipinski definition) is 2. The minimum atomic E-state index is -0.521. The standard InChI is InChI=1S/C31H43NO6/c1-31(2)17-25(6-5-13-34-3)26-16-23(9-12-28(26)38-31)21-37-29-19-32-18-27(33)30(29)24-10-7-22(8-11-24)20-36-15-14-35-4/h7-12,16-17,27,29-30,32-33H,5-6,13-15,18-21H2,1-4H3/t27-,29+,30+/m1/s1. The summed E-state index contributed by atoms with van der Waals surface area (Å²) in [6, 6.07) is 14.6. The number of fused-ring (bicyclic) bond motifs is 1. The van der Waals surface area contributed by atoms with Gasteiger partial charge in [-0.25, -0.2) is 0 Å². The monoisotopic (exact) mass is 525 g/mol. The lowest BCUT2D eigenvalue weighted by Gasteiger charge is -2.36. The Morgan fingerprint density at radius 1 is 0.947 bits per heavy atom. The number of benzene rings is 2. The predicted octanol–water partition coefficient (Wildman–Crippen LogP) is 4.46. The van der Waals surface area contributed by atoms with E-state index in [2.05, 4.69) is 67.7 Å². The zero-order valence-corrected chi connectivity index (χ0v) is 23.2. The number of hydrogen-bond acceptors (Lipinski definition) is 7. The Kier molecular flexibility index (Phi) is 10.4. The summed E-state index contributed by atoms with van der Waals surface area (Å²) in [6.07, 6.45) is 3.45. The fraction of sp³-hybridized carbons (Fsp3) is 0.548. The second-order valence-electron chi connectivity index (χ2n) is 10.7. The summed E-state index contributed by atoms with van der Waals surface area (Å²) < 4.78 is 28.6. The van der Waals surface area contributed by atoms with Crippen LogP contribution in [0.1, 0.15) is 54.9 Å². The maximum absolute atomic E-state index is 10.9. The van der Waals surface area contributed by atoms with Gasteiger partial charge in [-0.1, -0.05) is 30.3 Å². The van der Waals surface area contributed by atoms with Crippen LogP contribution in [0.25, 0.3) is 5.57 Å². The smallest absolute Gasteiger partial charge is 0.128 e. The highest BCUT2D eigenvalue weighted by molar-refractivity contribution is 5.74. The molecule has 0 aromatic heterocycles. The lowest BCUT2D eigenvalue weighted by molar-refractivity contribution is -0.0328. The molecular formula is C31H43NO6. The Hall–Kier alpha value is -2.26. The third-order valence-electron chi connectivity index (χ3n) is 7.12. The lowest BCUT2D eigenvalue weighted by atomic mass is 9.85. The van der Waals surface area contributed by atoms with Gasteiger partial charge in [0.15, 0.2) is 0 Å². The molecule has 0 aliphatic carbocycles. The van der Waals surface area contributed by atoms with Crippen molar-refractivity contribution in [2.75, 3.05) is 47.1 Å². The normalized spacial score (nSPS) is 22.4. The zero-order valence-electron chi connectivity index (χ0n) is 23.2. The summed E-state index contributed by atoms with van der Waals surface area (Å²) in [5, 5.41) is 14.2. The van der Waals surface area contributed by atoms with E-state index in [1.165, 1.54) is 5.57 Å². The van der Waals surface area contributed by atoms with Gasteiger partial charge in [0.05, 0.1) is 38.6 Å². The molecule has 0 spiro atoms. The first-order valence-electron chi connectivity index (χ1n) is 13.6. The number of allylic oxidation sites excluding steroid dienone is 1. The molecule has 2 aromatic carbocycles. The van der Waals surface area contributed by atoms with Crippen LogP contribution in [0, 0.1) is 0 Å². The molecule has 2 N–H and O–H groups in total. The van der Waals surface area contributed by atoms with E-state index in [-0.39, 0.29) is 17.6 Å². The minimum Gasteiger partial charge on any atom is -0.483 e. The van der Waals surface area contributed by atoms with Gasteiger partial charge in [-0.2, -0.15) is 0 Å². The third kappa shape index (κ3) is 7.65. The second-order valence-corrected chi connectivity index (χ2v) is 10.7. The highest BCUT2D eigenvalue weighted by Crippen LogP contribution is 2.39. The van der Waals surface area contributed by atoms with Crippen LogP contribution in [-0.2, 0) is 32.2 Å². The molecule has 0 saturated carbocycles. The van der Waals surface area contributed by atoms with Crippen molar-refractivity contribution in [1.29, 1.82) is 0 Å². The second kappa shape index (κ2) is 13.7. The van der Waals surface area contributed by atoms with Crippen molar-refractivity contribution in [3.05, 3.63) is 70.8 Å². The number of nitrogens with one attached hydrogen (secondary N) is 1. The van der Waals surface area contributed by atoms with Gasteiger partial charge in [0.2, 0.25) is 0 Å². The van der Waals surface area contributed by atoms with Crippen LogP contribution >= 0.6 is 0 Å². The third-order valence-corrected chi connectivity index (χ3v) is 7.12. The molecule has 2 heterocycles. The molecule has 2 aliphatic heterocycles. The zero-order chi connectivity index (χ0) is 27.0. The van der Waals surface area contributed by atoms with Crippen molar-refractivity contribution in [2.45, 2.75) is 63.6 Å². The highest BCUT2D eigenvalue weighted by Gasteiger charge is 2.34. The van der Waals surface area contributed by atoms with Gasteiger partial charge in [0.25, 0.3) is 0 Å². The number of ether oxygens (including phenoxy) is 5. The highest BCUT2D eigenvalue weighted by atomic mass is 16.5. The van der Waals surface area contributed by atoms with Crippen LogP contribution < -0.4 is 10.1 Å². The molecule has 208 valence electrons. The Bertz CT molecular complexity index is 1050. The van der Waals surface area contributed by atoms with Crippen LogP contribution in [0.4, 0.5) is 0 Å². The summed E-state index contributed by atoms with van der Waals surface area (Å²) >= 11 is 0. The molecule has 2 aromatic rings. The quantitative estimate of drug-likeness (QED) is 0.374. The van der Waals surface area contributed by atoms with Gasteiger partial charge in [-0.15, -0.1) is 0 Å². The first-order chi connectivity index (χ1) is 18.4. The number of piperidine rings is 1. The van der Waals surface area contributed by atoms with Gasteiger partial charge in [0.1, 0.15) is 11.4 Å². The average molecular weight is 526 g/mol. The summed E-state index contributed by atoms with van der Waals surface area (Å²) in [5.41, 5.74) is 5.34. The molecule has 3 atom stereocenters. The van der Waals surface area contributed by atoms with Crippen molar-refractivity contribution in [2.24, 2.45) is 0 Å². The first kappa shape index (κ1) is 28.7. The molecule has 0 amide bonds. The van der Waals surface area contributed by atoms with E-state index in [1.54, 1.807) is 14.2 Å². The lowest BCUT2D eigenvalue weighted by Crippen LogP contribution is -2.49. The number of β-amino-alcohol motifs (C(OH)–C–C–N with tert-alkyl or cyclic N) is 1. The van der Waals surface area contributed by atoms with Crippen LogP contribution in [-0.4, -0.2) is 70.0 Å². The van der Waals surface area contributed by atoms with Crippen molar-refractivity contribution < 1.29 is 28.8 Å². The first-order valence-corrected chi connectivity index (χ1v) is 13.6. The summed E-state index contributed by atoms with van der Waals surface area (Å²) in [7, 11) is 3.41. The van der Waals surface area contributed by atoms with Gasteiger partial charge >= 0.3 is 0 Å². The number of methoxy groups -OCH3 is 2. The van der Waals surface area contributed by atoms with Crippen molar-refractivity contribution >= 4 is 5.57 Å². The number of aliphatic hydroxyl groups excluding tert-OH is 1. The minimum absolute atomic E-state index is 0.106. The van der Waals surface area contributed by atoms with Crippen LogP contribution in [0.3, 0.4) is 0 Å². The Morgan fingerprint density at radius 3 is 2.47 bits per heavy atom. The maximum atomic E-state index is 10.9. The Balaban J connectivity index is 1.43. The molecule has 1 saturated heterocycles. The van der Waals surface area contributed by atoms with Gasteiger partial charge < -0.3 is 34.1 Å². The largest absolute Gasteiger partial charge is 0.483 e. The molecule has 0 unspecified atom stereocenters. The molecule has 38 heavy (non-hydrogen) atoms. The Morgan fingerprint density at radius 2 is 1.71 bits per heavy atom. The van der Waals surface area contributed by atoms with E-state index < -0.39 is 6.10 Å².